The second-order valence-corrected chi connectivity index (χ2v) is 5.11. The number of likely N-dealkylation sites (N-methyl/N-ethyl adjacent to an activating group) is 1. The van der Waals surface area contributed by atoms with E-state index in [9.17, 15) is 18.0 Å². The van der Waals surface area contributed by atoms with Crippen molar-refractivity contribution in [3.63, 3.8) is 0 Å². The topological polar surface area (TPSA) is 35.6 Å². The molecule has 2 rings (SSSR count). The van der Waals surface area contributed by atoms with Crippen molar-refractivity contribution in [3.8, 4) is 0 Å². The van der Waals surface area contributed by atoms with Gasteiger partial charge in [-0.1, -0.05) is 6.07 Å². The van der Waals surface area contributed by atoms with Crippen LogP contribution in [-0.2, 0) is 17.5 Å². The van der Waals surface area contributed by atoms with E-state index in [1.165, 1.54) is 6.07 Å². The fraction of sp³-hybridized carbons (Fsp3) is 0.500. The molecule has 1 aromatic carbocycles. The summed E-state index contributed by atoms with van der Waals surface area (Å²) in [5.41, 5.74) is -0.0152. The number of halogens is 3. The molecule has 0 saturated carbocycles. The SMILES string of the molecule is CNCc1ccc(N2CCN(C)C(=O)C2)cc1C(F)(F)F. The van der Waals surface area contributed by atoms with Crippen LogP contribution in [0.3, 0.4) is 0 Å². The van der Waals surface area contributed by atoms with Crippen LogP contribution >= 0.6 is 0 Å². The number of benzene rings is 1. The number of nitrogens with one attached hydrogen (secondary N) is 1. The molecule has 1 saturated heterocycles. The monoisotopic (exact) mass is 301 g/mol. The first-order chi connectivity index (χ1) is 9.82. The molecule has 1 amide bonds. The summed E-state index contributed by atoms with van der Waals surface area (Å²) in [4.78, 5) is 14.9. The summed E-state index contributed by atoms with van der Waals surface area (Å²) in [7, 11) is 3.30. The number of rotatable bonds is 3. The maximum atomic E-state index is 13.1. The summed E-state index contributed by atoms with van der Waals surface area (Å²) in [5, 5.41) is 2.73. The van der Waals surface area contributed by atoms with Crippen LogP contribution in [0.1, 0.15) is 11.1 Å². The van der Waals surface area contributed by atoms with Crippen LogP contribution < -0.4 is 10.2 Å². The third-order valence-electron chi connectivity index (χ3n) is 3.59. The highest BCUT2D eigenvalue weighted by Crippen LogP contribution is 2.35. The van der Waals surface area contributed by atoms with Crippen molar-refractivity contribution < 1.29 is 18.0 Å². The number of carbonyl (C=O) groups is 1. The van der Waals surface area contributed by atoms with Crippen LogP contribution in [0, 0.1) is 0 Å². The maximum Gasteiger partial charge on any atom is 0.416 e. The minimum atomic E-state index is -4.40. The molecule has 1 aliphatic rings. The molecule has 0 radical (unpaired) electrons. The van der Waals surface area contributed by atoms with E-state index < -0.39 is 11.7 Å². The molecule has 1 heterocycles. The standard InChI is InChI=1S/C14H18F3N3O/c1-18-8-10-3-4-11(7-12(10)14(15,16)17)20-6-5-19(2)13(21)9-20/h3-4,7,18H,5-6,8-9H2,1-2H3. The predicted octanol–water partition coefficient (Wildman–Crippen LogP) is 1.70. The Hall–Kier alpha value is -1.76. The highest BCUT2D eigenvalue weighted by Gasteiger charge is 2.34. The Morgan fingerprint density at radius 1 is 1.29 bits per heavy atom. The van der Waals surface area contributed by atoms with Gasteiger partial charge in [-0.25, -0.2) is 0 Å². The quantitative estimate of drug-likeness (QED) is 0.923. The smallest absolute Gasteiger partial charge is 0.360 e. The summed E-state index contributed by atoms with van der Waals surface area (Å²) in [6.45, 7) is 1.30. The average Bonchev–Trinajstić information content (AvgIpc) is 2.41. The molecule has 0 aromatic heterocycles. The van der Waals surface area contributed by atoms with Gasteiger partial charge in [0.1, 0.15) is 0 Å². The number of amides is 1. The van der Waals surface area contributed by atoms with E-state index >= 15 is 0 Å². The number of anilines is 1. The molecule has 0 atom stereocenters. The first-order valence-electron chi connectivity index (χ1n) is 6.66. The number of hydrogen-bond donors (Lipinski definition) is 1. The van der Waals surface area contributed by atoms with Gasteiger partial charge in [0.25, 0.3) is 0 Å². The molecule has 4 nitrogen and oxygen atoms in total. The Labute approximate surface area is 121 Å². The van der Waals surface area contributed by atoms with Crippen LogP contribution in [0.5, 0.6) is 0 Å². The first kappa shape index (κ1) is 15.6. The van der Waals surface area contributed by atoms with Crippen molar-refractivity contribution in [2.24, 2.45) is 0 Å². The van der Waals surface area contributed by atoms with E-state index in [0.717, 1.165) is 6.07 Å². The molecule has 0 unspecified atom stereocenters. The van der Waals surface area contributed by atoms with Crippen molar-refractivity contribution in [2.75, 3.05) is 38.6 Å². The number of piperazine rings is 1. The van der Waals surface area contributed by atoms with Gasteiger partial charge in [0.2, 0.25) is 5.91 Å². The van der Waals surface area contributed by atoms with Crippen molar-refractivity contribution in [1.82, 2.24) is 10.2 Å². The van der Waals surface area contributed by atoms with Gasteiger partial charge in [0.15, 0.2) is 0 Å². The van der Waals surface area contributed by atoms with Crippen molar-refractivity contribution in [2.45, 2.75) is 12.7 Å². The van der Waals surface area contributed by atoms with E-state index in [1.54, 1.807) is 30.0 Å². The molecule has 1 aliphatic heterocycles. The minimum absolute atomic E-state index is 0.0888. The van der Waals surface area contributed by atoms with Crippen molar-refractivity contribution in [1.29, 1.82) is 0 Å². The van der Waals surface area contributed by atoms with E-state index in [4.69, 9.17) is 0 Å². The van der Waals surface area contributed by atoms with Gasteiger partial charge in [-0.15, -0.1) is 0 Å². The molecule has 1 aromatic rings. The lowest BCUT2D eigenvalue weighted by molar-refractivity contribution is -0.138. The highest BCUT2D eigenvalue weighted by molar-refractivity contribution is 5.82. The zero-order chi connectivity index (χ0) is 15.6. The van der Waals surface area contributed by atoms with Crippen LogP contribution in [0.4, 0.5) is 18.9 Å². The summed E-state index contributed by atoms with van der Waals surface area (Å²) >= 11 is 0. The Bertz CT molecular complexity index is 531. The summed E-state index contributed by atoms with van der Waals surface area (Å²) in [6.07, 6.45) is -4.40. The Balaban J connectivity index is 2.31. The predicted molar refractivity (Wildman–Crippen MR) is 74.1 cm³/mol. The number of carbonyl (C=O) groups excluding carboxylic acids is 1. The van der Waals surface area contributed by atoms with Gasteiger partial charge in [-0.3, -0.25) is 4.79 Å². The lowest BCUT2D eigenvalue weighted by atomic mass is 10.0. The van der Waals surface area contributed by atoms with Crippen LogP contribution in [0.15, 0.2) is 18.2 Å². The molecule has 0 spiro atoms. The van der Waals surface area contributed by atoms with Gasteiger partial charge < -0.3 is 15.1 Å². The summed E-state index contributed by atoms with van der Waals surface area (Å²) in [6, 6.07) is 4.24. The van der Waals surface area contributed by atoms with Crippen LogP contribution in [-0.4, -0.2) is 44.5 Å². The summed E-state index contributed by atoms with van der Waals surface area (Å²) < 4.78 is 39.4. The largest absolute Gasteiger partial charge is 0.416 e. The molecule has 1 fully saturated rings. The molecule has 1 N–H and O–H groups in total. The second kappa shape index (κ2) is 5.93. The Morgan fingerprint density at radius 3 is 2.57 bits per heavy atom. The normalized spacial score (nSPS) is 16.5. The lowest BCUT2D eigenvalue weighted by Gasteiger charge is -2.34. The van der Waals surface area contributed by atoms with Gasteiger partial charge in [-0.05, 0) is 24.7 Å². The van der Waals surface area contributed by atoms with E-state index in [0.29, 0.717) is 18.8 Å². The second-order valence-electron chi connectivity index (χ2n) is 5.11. The third kappa shape index (κ3) is 3.47. The fourth-order valence-electron chi connectivity index (χ4n) is 2.35. The lowest BCUT2D eigenvalue weighted by Crippen LogP contribution is -2.48. The van der Waals surface area contributed by atoms with E-state index in [-0.39, 0.29) is 24.6 Å². The molecule has 0 aliphatic carbocycles. The molecule has 7 heteroatoms. The van der Waals surface area contributed by atoms with Gasteiger partial charge >= 0.3 is 6.18 Å². The first-order valence-corrected chi connectivity index (χ1v) is 6.66. The molecule has 0 bridgehead atoms. The van der Waals surface area contributed by atoms with Gasteiger partial charge in [0, 0.05) is 32.4 Å². The summed E-state index contributed by atoms with van der Waals surface area (Å²) in [5.74, 6) is -0.0888. The minimum Gasteiger partial charge on any atom is -0.360 e. The van der Waals surface area contributed by atoms with Crippen molar-refractivity contribution >= 4 is 11.6 Å². The van der Waals surface area contributed by atoms with Crippen LogP contribution in [0.25, 0.3) is 0 Å². The molecular formula is C14H18F3N3O. The average molecular weight is 301 g/mol. The molecule has 21 heavy (non-hydrogen) atoms. The van der Waals surface area contributed by atoms with Gasteiger partial charge in [-0.2, -0.15) is 13.2 Å². The Kier molecular flexibility index (Phi) is 4.41. The zero-order valence-electron chi connectivity index (χ0n) is 12.0. The number of nitrogens with zero attached hydrogens (tertiary/aromatic N) is 2. The van der Waals surface area contributed by atoms with Gasteiger partial charge in [0.05, 0.1) is 12.1 Å². The van der Waals surface area contributed by atoms with E-state index in [1.807, 2.05) is 0 Å². The molecular weight excluding hydrogens is 283 g/mol. The number of alkyl halides is 3. The van der Waals surface area contributed by atoms with E-state index in [2.05, 4.69) is 5.32 Å². The third-order valence-corrected chi connectivity index (χ3v) is 3.59. The zero-order valence-corrected chi connectivity index (χ0v) is 12.0. The number of hydrogen-bond acceptors (Lipinski definition) is 3. The highest BCUT2D eigenvalue weighted by atomic mass is 19.4. The van der Waals surface area contributed by atoms with Crippen LogP contribution in [0.2, 0.25) is 0 Å². The fourth-order valence-corrected chi connectivity index (χ4v) is 2.35. The molecule has 116 valence electrons. The Morgan fingerprint density at radius 2 is 2.00 bits per heavy atom. The van der Waals surface area contributed by atoms with Crippen molar-refractivity contribution in [3.05, 3.63) is 29.3 Å². The maximum absolute atomic E-state index is 13.1.